The number of rotatable bonds is 5. The summed E-state index contributed by atoms with van der Waals surface area (Å²) in [7, 11) is 0. The first-order chi connectivity index (χ1) is 5.48. The first-order valence-electron chi connectivity index (χ1n) is 3.33. The second-order valence-corrected chi connectivity index (χ2v) is 2.60. The van der Waals surface area contributed by atoms with Gasteiger partial charge in [-0.1, -0.05) is 0 Å². The van der Waals surface area contributed by atoms with E-state index >= 15 is 0 Å². The van der Waals surface area contributed by atoms with Crippen LogP contribution in [0.25, 0.3) is 0 Å². The Balaban J connectivity index is 0. The fraction of sp³-hybridized carbons (Fsp3) is 0.833. The molecule has 0 aromatic rings. The smallest absolute Gasteiger partial charge is 0.341 e. The molecule has 0 aliphatic heterocycles. The molecule has 2 unspecified atom stereocenters. The van der Waals surface area contributed by atoms with E-state index in [0.29, 0.717) is 0 Å². The van der Waals surface area contributed by atoms with Crippen LogP contribution in [0.2, 0.25) is 0 Å². The molecule has 0 saturated heterocycles. The molecule has 2 atom stereocenters. The van der Waals surface area contributed by atoms with Crippen molar-refractivity contribution in [3.63, 3.8) is 0 Å². The molecular formula is C6H12O6Ti. The SMILES string of the molecule is CC(O)CC(CO)(OO)C(=O)O.[Ti]. The average Bonchev–Trinajstić information content (AvgIpc) is 1.99. The monoisotopic (exact) mass is 228 g/mol. The molecule has 0 aromatic carbocycles. The van der Waals surface area contributed by atoms with Crippen molar-refractivity contribution in [1.29, 1.82) is 0 Å². The van der Waals surface area contributed by atoms with Gasteiger partial charge in [0.25, 0.3) is 0 Å². The standard InChI is InChI=1S/C6H12O6.Ti/c1-4(8)2-6(3-7,12-11)5(9)10;/h4,7-8,11H,2-3H2,1H3,(H,9,10);. The molecule has 0 radical (unpaired) electrons. The minimum atomic E-state index is -2.12. The van der Waals surface area contributed by atoms with Gasteiger partial charge < -0.3 is 15.3 Å². The quantitative estimate of drug-likeness (QED) is 0.275. The van der Waals surface area contributed by atoms with E-state index in [1.165, 1.54) is 6.92 Å². The Kier molecular flexibility index (Phi) is 7.72. The van der Waals surface area contributed by atoms with E-state index in [1.807, 2.05) is 0 Å². The van der Waals surface area contributed by atoms with Crippen LogP contribution < -0.4 is 0 Å². The second kappa shape index (κ2) is 6.47. The number of carbonyl (C=O) groups is 1. The molecule has 0 aromatic heterocycles. The Morgan fingerprint density at radius 2 is 2.08 bits per heavy atom. The molecule has 0 fully saturated rings. The zero-order valence-electron chi connectivity index (χ0n) is 7.10. The fourth-order valence-corrected chi connectivity index (χ4v) is 0.802. The molecule has 76 valence electrons. The largest absolute Gasteiger partial charge is 0.479 e. The Labute approximate surface area is 90.0 Å². The van der Waals surface area contributed by atoms with E-state index in [0.717, 1.165) is 0 Å². The van der Waals surface area contributed by atoms with Gasteiger partial charge in [0.15, 0.2) is 0 Å². The number of carboxylic acids is 1. The van der Waals surface area contributed by atoms with Crippen LogP contribution >= 0.6 is 0 Å². The molecule has 0 amide bonds. The van der Waals surface area contributed by atoms with Crippen molar-refractivity contribution in [3.8, 4) is 0 Å². The molecule has 0 rings (SSSR count). The van der Waals surface area contributed by atoms with Gasteiger partial charge in [0, 0.05) is 28.1 Å². The number of aliphatic hydroxyl groups excluding tert-OH is 2. The third kappa shape index (κ3) is 4.17. The maximum atomic E-state index is 10.5. The van der Waals surface area contributed by atoms with Crippen LogP contribution in [0.1, 0.15) is 13.3 Å². The van der Waals surface area contributed by atoms with E-state index in [1.54, 1.807) is 0 Å². The summed E-state index contributed by atoms with van der Waals surface area (Å²) in [6.45, 7) is 0.427. The van der Waals surface area contributed by atoms with Crippen LogP contribution in [0.5, 0.6) is 0 Å². The van der Waals surface area contributed by atoms with Crippen molar-refractivity contribution in [1.82, 2.24) is 0 Å². The molecule has 0 spiro atoms. The number of hydrogen-bond donors (Lipinski definition) is 4. The van der Waals surface area contributed by atoms with Gasteiger partial charge >= 0.3 is 5.97 Å². The Hall–Kier alpha value is 0.0243. The van der Waals surface area contributed by atoms with E-state index < -0.39 is 24.3 Å². The normalized spacial score (nSPS) is 16.9. The first kappa shape index (κ1) is 15.5. The molecule has 4 N–H and O–H groups in total. The third-order valence-electron chi connectivity index (χ3n) is 1.45. The van der Waals surface area contributed by atoms with Gasteiger partial charge in [-0.2, -0.15) is 0 Å². The van der Waals surface area contributed by atoms with E-state index in [-0.39, 0.29) is 28.1 Å². The summed E-state index contributed by atoms with van der Waals surface area (Å²) < 4.78 is 0. The minimum absolute atomic E-state index is 0. The van der Waals surface area contributed by atoms with Crippen LogP contribution in [0.15, 0.2) is 0 Å². The van der Waals surface area contributed by atoms with Crippen molar-refractivity contribution in [3.05, 3.63) is 0 Å². The summed E-state index contributed by atoms with van der Waals surface area (Å²) in [5.74, 6) is -1.52. The molecule has 0 bridgehead atoms. The van der Waals surface area contributed by atoms with E-state index in [9.17, 15) is 4.79 Å². The van der Waals surface area contributed by atoms with Gasteiger partial charge in [0.1, 0.15) is 0 Å². The number of aliphatic carboxylic acids is 1. The van der Waals surface area contributed by atoms with Crippen molar-refractivity contribution in [2.45, 2.75) is 25.0 Å². The van der Waals surface area contributed by atoms with E-state index in [4.69, 9.17) is 20.6 Å². The van der Waals surface area contributed by atoms with Gasteiger partial charge in [-0.25, -0.2) is 9.68 Å². The summed E-state index contributed by atoms with van der Waals surface area (Å²) in [4.78, 5) is 14.1. The predicted molar refractivity (Wildman–Crippen MR) is 37.5 cm³/mol. The Bertz CT molecular complexity index is 155. The number of hydrogen-bond acceptors (Lipinski definition) is 5. The molecule has 0 saturated carbocycles. The topological polar surface area (TPSA) is 107 Å². The second-order valence-electron chi connectivity index (χ2n) is 2.60. The van der Waals surface area contributed by atoms with Crippen LogP contribution in [0.4, 0.5) is 0 Å². The predicted octanol–water partition coefficient (Wildman–Crippen LogP) is -0.940. The fourth-order valence-electron chi connectivity index (χ4n) is 0.802. The van der Waals surface area contributed by atoms with Gasteiger partial charge in [-0.05, 0) is 6.92 Å². The van der Waals surface area contributed by atoms with Crippen LogP contribution in [0.3, 0.4) is 0 Å². The molecular weight excluding hydrogens is 216 g/mol. The molecule has 6 nitrogen and oxygen atoms in total. The number of aliphatic hydroxyl groups is 2. The third-order valence-corrected chi connectivity index (χ3v) is 1.45. The van der Waals surface area contributed by atoms with Crippen molar-refractivity contribution < 1.29 is 52.0 Å². The van der Waals surface area contributed by atoms with Crippen LogP contribution in [0, 0.1) is 0 Å². The van der Waals surface area contributed by atoms with Crippen LogP contribution in [-0.4, -0.2) is 44.9 Å². The molecule has 7 heteroatoms. The summed E-state index contributed by atoms with van der Waals surface area (Å²) in [5.41, 5.74) is -2.12. The molecule has 0 aliphatic carbocycles. The maximum absolute atomic E-state index is 10.5. The summed E-state index contributed by atoms with van der Waals surface area (Å²) >= 11 is 0. The first-order valence-corrected chi connectivity index (χ1v) is 3.33. The Morgan fingerprint density at radius 3 is 2.15 bits per heavy atom. The van der Waals surface area contributed by atoms with E-state index in [2.05, 4.69) is 4.89 Å². The molecule has 0 heterocycles. The summed E-state index contributed by atoms with van der Waals surface area (Å²) in [6, 6.07) is 0. The van der Waals surface area contributed by atoms with Crippen molar-refractivity contribution in [2.24, 2.45) is 0 Å². The Morgan fingerprint density at radius 1 is 1.62 bits per heavy atom. The van der Waals surface area contributed by atoms with Gasteiger partial charge in [0.05, 0.1) is 12.7 Å². The minimum Gasteiger partial charge on any atom is -0.479 e. The van der Waals surface area contributed by atoms with Gasteiger partial charge in [-0.15, -0.1) is 0 Å². The summed E-state index contributed by atoms with van der Waals surface area (Å²) in [5, 5.41) is 34.2. The van der Waals surface area contributed by atoms with Gasteiger partial charge in [0.2, 0.25) is 5.60 Å². The van der Waals surface area contributed by atoms with Crippen molar-refractivity contribution >= 4 is 5.97 Å². The molecule has 13 heavy (non-hydrogen) atoms. The number of carboxylic acid groups (broad SMARTS) is 1. The zero-order valence-corrected chi connectivity index (χ0v) is 8.66. The molecule has 0 aliphatic rings. The van der Waals surface area contributed by atoms with Crippen molar-refractivity contribution in [2.75, 3.05) is 6.61 Å². The van der Waals surface area contributed by atoms with Crippen LogP contribution in [-0.2, 0) is 31.4 Å². The average molecular weight is 228 g/mol. The van der Waals surface area contributed by atoms with Gasteiger partial charge in [-0.3, -0.25) is 5.26 Å². The maximum Gasteiger partial charge on any atom is 0.341 e. The zero-order chi connectivity index (χ0) is 9.78. The summed E-state index contributed by atoms with van der Waals surface area (Å²) in [6.07, 6.45) is -1.37.